The lowest BCUT2D eigenvalue weighted by Gasteiger charge is -2.35. The Balaban J connectivity index is 1.81. The largest absolute Gasteiger partial charge is 0.383 e. The number of fused-ring (bicyclic) bond motifs is 2. The lowest BCUT2D eigenvalue weighted by atomic mass is 9.74. The maximum absolute atomic E-state index is 11.1. The standard InChI is InChI=1S/C14H13BrN2O2/c15-11-3-1-2-10(17-11)14(18)6-9-7-16-19-12(9)13(8-14)4-5-13/h1-3,7,18H,4-6,8H2. The Morgan fingerprint density at radius 3 is 2.89 bits per heavy atom. The Hall–Kier alpha value is -1.20. The predicted octanol–water partition coefficient (Wildman–Crippen LogP) is 2.70. The van der Waals surface area contributed by atoms with Gasteiger partial charge in [0.1, 0.15) is 16.0 Å². The molecule has 0 aromatic carbocycles. The average Bonchev–Trinajstić information content (AvgIpc) is 2.96. The van der Waals surface area contributed by atoms with E-state index in [0.29, 0.717) is 12.8 Å². The van der Waals surface area contributed by atoms with E-state index in [1.807, 2.05) is 18.2 Å². The molecule has 4 rings (SSSR count). The molecular weight excluding hydrogens is 308 g/mol. The second kappa shape index (κ2) is 3.67. The Bertz CT molecular complexity index is 650. The number of hydrogen-bond acceptors (Lipinski definition) is 4. The normalized spacial score (nSPS) is 27.3. The van der Waals surface area contributed by atoms with Gasteiger partial charge in [-0.3, -0.25) is 0 Å². The molecule has 0 aliphatic heterocycles. The van der Waals surface area contributed by atoms with Crippen molar-refractivity contribution in [3.8, 4) is 0 Å². The van der Waals surface area contributed by atoms with E-state index in [1.165, 1.54) is 0 Å². The van der Waals surface area contributed by atoms with Crippen molar-refractivity contribution in [1.29, 1.82) is 0 Å². The van der Waals surface area contributed by atoms with E-state index in [1.54, 1.807) is 6.20 Å². The summed E-state index contributed by atoms with van der Waals surface area (Å²) in [5.41, 5.74) is 0.815. The van der Waals surface area contributed by atoms with E-state index in [0.717, 1.165) is 34.5 Å². The Kier molecular flexibility index (Phi) is 2.24. The summed E-state index contributed by atoms with van der Waals surface area (Å²) in [5, 5.41) is 15.0. The summed E-state index contributed by atoms with van der Waals surface area (Å²) < 4.78 is 6.15. The van der Waals surface area contributed by atoms with Crippen LogP contribution in [0.15, 0.2) is 33.5 Å². The van der Waals surface area contributed by atoms with Crippen LogP contribution in [0, 0.1) is 0 Å². The van der Waals surface area contributed by atoms with Crippen LogP contribution in [0.5, 0.6) is 0 Å². The molecule has 1 atom stereocenters. The molecule has 2 heterocycles. The van der Waals surface area contributed by atoms with Crippen molar-refractivity contribution in [2.45, 2.75) is 36.7 Å². The lowest BCUT2D eigenvalue weighted by molar-refractivity contribution is 0.000903. The average molecular weight is 321 g/mol. The maximum atomic E-state index is 11.1. The van der Waals surface area contributed by atoms with Crippen LogP contribution in [0.3, 0.4) is 0 Å². The van der Waals surface area contributed by atoms with E-state index in [-0.39, 0.29) is 5.41 Å². The first-order chi connectivity index (χ1) is 9.11. The minimum absolute atomic E-state index is 0.0111. The molecule has 2 aliphatic rings. The highest BCUT2D eigenvalue weighted by molar-refractivity contribution is 9.10. The topological polar surface area (TPSA) is 59.2 Å². The van der Waals surface area contributed by atoms with Crippen LogP contribution in [0.1, 0.15) is 36.3 Å². The van der Waals surface area contributed by atoms with Gasteiger partial charge >= 0.3 is 0 Å². The molecule has 2 aromatic rings. The van der Waals surface area contributed by atoms with Gasteiger partial charge in [0.25, 0.3) is 0 Å². The summed E-state index contributed by atoms with van der Waals surface area (Å²) in [7, 11) is 0. The van der Waals surface area contributed by atoms with Crippen molar-refractivity contribution in [1.82, 2.24) is 10.1 Å². The lowest BCUT2D eigenvalue weighted by Crippen LogP contribution is -2.38. The van der Waals surface area contributed by atoms with E-state index in [4.69, 9.17) is 4.52 Å². The molecule has 0 saturated heterocycles. The molecule has 1 fully saturated rings. The Labute approximate surface area is 119 Å². The van der Waals surface area contributed by atoms with Gasteiger partial charge in [0, 0.05) is 17.4 Å². The van der Waals surface area contributed by atoms with Crippen molar-refractivity contribution in [3.63, 3.8) is 0 Å². The van der Waals surface area contributed by atoms with Crippen LogP contribution in [0.2, 0.25) is 0 Å². The summed E-state index contributed by atoms with van der Waals surface area (Å²) in [6.07, 6.45) is 5.05. The Morgan fingerprint density at radius 1 is 1.32 bits per heavy atom. The summed E-state index contributed by atoms with van der Waals surface area (Å²) in [5.74, 6) is 0.979. The van der Waals surface area contributed by atoms with Crippen LogP contribution in [0.4, 0.5) is 0 Å². The van der Waals surface area contributed by atoms with Crippen LogP contribution in [-0.4, -0.2) is 15.2 Å². The minimum Gasteiger partial charge on any atom is -0.383 e. The van der Waals surface area contributed by atoms with Crippen molar-refractivity contribution in [3.05, 3.63) is 46.0 Å². The van der Waals surface area contributed by atoms with Gasteiger partial charge in [-0.15, -0.1) is 0 Å². The van der Waals surface area contributed by atoms with Gasteiger partial charge in [0.15, 0.2) is 0 Å². The van der Waals surface area contributed by atoms with E-state index >= 15 is 0 Å². The van der Waals surface area contributed by atoms with E-state index < -0.39 is 5.60 Å². The van der Waals surface area contributed by atoms with E-state index in [9.17, 15) is 5.11 Å². The number of halogens is 1. The fraction of sp³-hybridized carbons (Fsp3) is 0.429. The third-order valence-corrected chi connectivity index (χ3v) is 4.73. The molecule has 19 heavy (non-hydrogen) atoms. The van der Waals surface area contributed by atoms with Crippen molar-refractivity contribution in [2.24, 2.45) is 0 Å². The zero-order valence-corrected chi connectivity index (χ0v) is 11.9. The molecule has 1 saturated carbocycles. The minimum atomic E-state index is -0.918. The predicted molar refractivity (Wildman–Crippen MR) is 71.6 cm³/mol. The first-order valence-electron chi connectivity index (χ1n) is 6.41. The summed E-state index contributed by atoms with van der Waals surface area (Å²) in [6.45, 7) is 0. The van der Waals surface area contributed by atoms with Crippen LogP contribution < -0.4 is 0 Å². The molecule has 4 nitrogen and oxygen atoms in total. The monoisotopic (exact) mass is 320 g/mol. The third-order valence-electron chi connectivity index (χ3n) is 4.29. The third kappa shape index (κ3) is 1.68. The summed E-state index contributed by atoms with van der Waals surface area (Å²) >= 11 is 3.37. The van der Waals surface area contributed by atoms with Gasteiger partial charge in [0.05, 0.1) is 11.9 Å². The number of aliphatic hydroxyl groups is 1. The Morgan fingerprint density at radius 2 is 2.16 bits per heavy atom. The molecule has 1 unspecified atom stereocenters. The highest BCUT2D eigenvalue weighted by Crippen LogP contribution is 2.59. The van der Waals surface area contributed by atoms with Gasteiger partial charge in [-0.1, -0.05) is 11.2 Å². The summed E-state index contributed by atoms with van der Waals surface area (Å²) in [4.78, 5) is 4.43. The SMILES string of the molecule is OC1(c2cccc(Br)n2)Cc2cnoc2C2(CC2)C1. The molecule has 2 aliphatic carbocycles. The van der Waals surface area contributed by atoms with Crippen molar-refractivity contribution >= 4 is 15.9 Å². The first-order valence-corrected chi connectivity index (χ1v) is 7.20. The molecule has 98 valence electrons. The van der Waals surface area contributed by atoms with E-state index in [2.05, 4.69) is 26.1 Å². The van der Waals surface area contributed by atoms with Crippen LogP contribution in [0.25, 0.3) is 0 Å². The number of aromatic nitrogens is 2. The molecule has 5 heteroatoms. The van der Waals surface area contributed by atoms with Gasteiger partial charge in [-0.05, 0) is 47.3 Å². The first kappa shape index (κ1) is 11.6. The molecule has 1 spiro atoms. The number of hydrogen-bond donors (Lipinski definition) is 1. The fourth-order valence-electron chi connectivity index (χ4n) is 3.24. The second-order valence-corrected chi connectivity index (χ2v) is 6.50. The zero-order valence-electron chi connectivity index (χ0n) is 10.3. The van der Waals surface area contributed by atoms with Gasteiger partial charge in [-0.2, -0.15) is 0 Å². The smallest absolute Gasteiger partial charge is 0.146 e. The van der Waals surface area contributed by atoms with Crippen LogP contribution >= 0.6 is 15.9 Å². The number of rotatable bonds is 1. The second-order valence-electron chi connectivity index (χ2n) is 5.69. The van der Waals surface area contributed by atoms with Gasteiger partial charge in [-0.25, -0.2) is 4.98 Å². The van der Waals surface area contributed by atoms with Crippen molar-refractivity contribution in [2.75, 3.05) is 0 Å². The molecule has 0 amide bonds. The fourth-order valence-corrected chi connectivity index (χ4v) is 3.59. The molecular formula is C14H13BrN2O2. The highest BCUT2D eigenvalue weighted by Gasteiger charge is 2.57. The molecule has 2 aromatic heterocycles. The maximum Gasteiger partial charge on any atom is 0.146 e. The molecule has 0 bridgehead atoms. The highest BCUT2D eigenvalue weighted by atomic mass is 79.9. The van der Waals surface area contributed by atoms with Gasteiger partial charge in [0.2, 0.25) is 0 Å². The molecule has 1 N–H and O–H groups in total. The zero-order chi connectivity index (χ0) is 13.1. The molecule has 0 radical (unpaired) electrons. The summed E-state index contributed by atoms with van der Waals surface area (Å²) in [6, 6.07) is 5.67. The van der Waals surface area contributed by atoms with Gasteiger partial charge < -0.3 is 9.63 Å². The van der Waals surface area contributed by atoms with Crippen molar-refractivity contribution < 1.29 is 9.63 Å². The number of nitrogens with zero attached hydrogens (tertiary/aromatic N) is 2. The number of pyridine rings is 1. The van der Waals surface area contributed by atoms with Crippen LogP contribution in [-0.2, 0) is 17.4 Å². The quantitative estimate of drug-likeness (QED) is 0.821.